The Morgan fingerprint density at radius 2 is 2.07 bits per heavy atom. The van der Waals surface area contributed by atoms with Gasteiger partial charge in [-0.2, -0.15) is 4.98 Å². The summed E-state index contributed by atoms with van der Waals surface area (Å²) in [5.74, 6) is 0.606. The van der Waals surface area contributed by atoms with E-state index in [4.69, 9.17) is 9.26 Å². The van der Waals surface area contributed by atoms with E-state index in [1.54, 1.807) is 14.2 Å². The first-order valence-electron chi connectivity index (χ1n) is 4.79. The second kappa shape index (κ2) is 4.41. The van der Waals surface area contributed by atoms with Crippen LogP contribution in [0.5, 0.6) is 0 Å². The maximum Gasteiger partial charge on any atom is 0.321 e. The number of hydrogen-bond acceptors (Lipinski definition) is 5. The highest BCUT2D eigenvalue weighted by molar-refractivity contribution is 5.18. The Balaban J connectivity index is 2.98. The van der Waals surface area contributed by atoms with Gasteiger partial charge in [-0.15, -0.1) is 0 Å². The van der Waals surface area contributed by atoms with Gasteiger partial charge in [-0.25, -0.2) is 0 Å². The normalized spacial score (nSPS) is 11.7. The van der Waals surface area contributed by atoms with Crippen molar-refractivity contribution in [1.82, 2.24) is 10.1 Å². The van der Waals surface area contributed by atoms with Crippen LogP contribution in [0, 0.1) is 0 Å². The molecule has 0 amide bonds. The average Bonchev–Trinajstić information content (AvgIpc) is 2.71. The number of anilines is 1. The lowest BCUT2D eigenvalue weighted by atomic mass is 9.96. The monoisotopic (exact) mass is 199 g/mol. The van der Waals surface area contributed by atoms with Gasteiger partial charge in [-0.1, -0.05) is 19.0 Å². The third kappa shape index (κ3) is 1.72. The van der Waals surface area contributed by atoms with E-state index >= 15 is 0 Å². The molecule has 1 aromatic rings. The molecule has 0 atom stereocenters. The van der Waals surface area contributed by atoms with Crippen molar-refractivity contribution >= 4 is 6.01 Å². The van der Waals surface area contributed by atoms with Crippen molar-refractivity contribution in [3.05, 3.63) is 5.82 Å². The molecule has 0 saturated carbocycles. The van der Waals surface area contributed by atoms with E-state index in [9.17, 15) is 0 Å². The van der Waals surface area contributed by atoms with E-state index < -0.39 is 5.60 Å². The van der Waals surface area contributed by atoms with Crippen LogP contribution in [-0.4, -0.2) is 24.3 Å². The largest absolute Gasteiger partial charge is 0.370 e. The second-order valence-corrected chi connectivity index (χ2v) is 3.08. The maximum absolute atomic E-state index is 5.47. The van der Waals surface area contributed by atoms with Crippen LogP contribution in [0.4, 0.5) is 6.01 Å². The molecular weight excluding hydrogens is 182 g/mol. The molecule has 5 heteroatoms. The molecule has 0 bridgehead atoms. The maximum atomic E-state index is 5.47. The van der Waals surface area contributed by atoms with Crippen molar-refractivity contribution in [3.63, 3.8) is 0 Å². The highest BCUT2D eigenvalue weighted by Crippen LogP contribution is 2.30. The van der Waals surface area contributed by atoms with Crippen LogP contribution >= 0.6 is 0 Å². The van der Waals surface area contributed by atoms with E-state index in [0.717, 1.165) is 12.8 Å². The van der Waals surface area contributed by atoms with E-state index in [2.05, 4.69) is 15.5 Å². The highest BCUT2D eigenvalue weighted by atomic mass is 16.5. The minimum absolute atomic E-state index is 0.418. The first-order valence-corrected chi connectivity index (χ1v) is 4.79. The molecule has 0 aromatic carbocycles. The standard InChI is InChI=1S/C9H17N3O2/c1-5-9(6-2,13-4)7-11-8(10-3)14-12-7/h5-6H2,1-4H3,(H,10,11,12). The number of hydrogen-bond donors (Lipinski definition) is 1. The SMILES string of the molecule is CCC(CC)(OC)c1noc(NC)n1. The summed E-state index contributed by atoms with van der Waals surface area (Å²) in [5.41, 5.74) is -0.418. The molecule has 1 N–H and O–H groups in total. The lowest BCUT2D eigenvalue weighted by Gasteiger charge is -2.25. The quantitative estimate of drug-likeness (QED) is 0.783. The van der Waals surface area contributed by atoms with Crippen LogP contribution in [0.2, 0.25) is 0 Å². The summed E-state index contributed by atoms with van der Waals surface area (Å²) in [5, 5.41) is 6.69. The van der Waals surface area contributed by atoms with Crippen molar-refractivity contribution in [2.75, 3.05) is 19.5 Å². The molecule has 1 aromatic heterocycles. The van der Waals surface area contributed by atoms with E-state index in [1.807, 2.05) is 13.8 Å². The van der Waals surface area contributed by atoms with Crippen molar-refractivity contribution in [2.45, 2.75) is 32.3 Å². The second-order valence-electron chi connectivity index (χ2n) is 3.08. The predicted octanol–water partition coefficient (Wildman–Crippen LogP) is 1.77. The van der Waals surface area contributed by atoms with E-state index in [0.29, 0.717) is 11.8 Å². The van der Waals surface area contributed by atoms with Crippen LogP contribution in [0.15, 0.2) is 4.52 Å². The Morgan fingerprint density at radius 3 is 2.43 bits per heavy atom. The van der Waals surface area contributed by atoms with Crippen LogP contribution in [0.1, 0.15) is 32.5 Å². The number of nitrogens with zero attached hydrogens (tertiary/aromatic N) is 2. The number of nitrogens with one attached hydrogen (secondary N) is 1. The molecule has 0 aliphatic carbocycles. The van der Waals surface area contributed by atoms with E-state index in [-0.39, 0.29) is 0 Å². The Labute approximate surface area is 83.8 Å². The van der Waals surface area contributed by atoms with Gasteiger partial charge < -0.3 is 14.6 Å². The molecular formula is C9H17N3O2. The minimum Gasteiger partial charge on any atom is -0.370 e. The first-order chi connectivity index (χ1) is 6.72. The number of ether oxygens (including phenoxy) is 1. The average molecular weight is 199 g/mol. The zero-order valence-electron chi connectivity index (χ0n) is 9.13. The Bertz CT molecular complexity index is 273. The van der Waals surface area contributed by atoms with Crippen LogP contribution < -0.4 is 5.32 Å². The van der Waals surface area contributed by atoms with Crippen molar-refractivity contribution < 1.29 is 9.26 Å². The Hall–Kier alpha value is -1.10. The van der Waals surface area contributed by atoms with Gasteiger partial charge in [0, 0.05) is 14.2 Å². The summed E-state index contributed by atoms with van der Waals surface area (Å²) < 4.78 is 10.4. The molecule has 5 nitrogen and oxygen atoms in total. The topological polar surface area (TPSA) is 60.2 Å². The fourth-order valence-corrected chi connectivity index (χ4v) is 1.46. The molecule has 0 aliphatic heterocycles. The smallest absolute Gasteiger partial charge is 0.321 e. The number of methoxy groups -OCH3 is 1. The van der Waals surface area contributed by atoms with Gasteiger partial charge in [-0.05, 0) is 12.8 Å². The van der Waals surface area contributed by atoms with E-state index in [1.165, 1.54) is 0 Å². The zero-order chi connectivity index (χ0) is 10.6. The van der Waals surface area contributed by atoms with Crippen molar-refractivity contribution in [3.8, 4) is 0 Å². The molecule has 80 valence electrons. The van der Waals surface area contributed by atoms with Crippen molar-refractivity contribution in [2.24, 2.45) is 0 Å². The lowest BCUT2D eigenvalue weighted by Crippen LogP contribution is -2.28. The molecule has 0 spiro atoms. The summed E-state index contributed by atoms with van der Waals surface area (Å²) >= 11 is 0. The van der Waals surface area contributed by atoms with Crippen molar-refractivity contribution in [1.29, 1.82) is 0 Å². The summed E-state index contributed by atoms with van der Waals surface area (Å²) in [6.45, 7) is 4.09. The highest BCUT2D eigenvalue weighted by Gasteiger charge is 2.33. The summed E-state index contributed by atoms with van der Waals surface area (Å²) in [6, 6.07) is 0.420. The summed E-state index contributed by atoms with van der Waals surface area (Å²) in [6.07, 6.45) is 1.64. The third-order valence-electron chi connectivity index (χ3n) is 2.58. The lowest BCUT2D eigenvalue weighted by molar-refractivity contribution is -0.0306. The predicted molar refractivity (Wildman–Crippen MR) is 53.1 cm³/mol. The molecule has 0 unspecified atom stereocenters. The van der Waals surface area contributed by atoms with Crippen LogP contribution in [0.3, 0.4) is 0 Å². The minimum atomic E-state index is -0.418. The van der Waals surface area contributed by atoms with Gasteiger partial charge in [0.05, 0.1) is 0 Å². The van der Waals surface area contributed by atoms with Gasteiger partial charge in [0.1, 0.15) is 5.60 Å². The Morgan fingerprint density at radius 1 is 1.43 bits per heavy atom. The van der Waals surface area contributed by atoms with Gasteiger partial charge >= 0.3 is 6.01 Å². The number of rotatable bonds is 5. The van der Waals surface area contributed by atoms with Gasteiger partial charge in [0.2, 0.25) is 5.82 Å². The zero-order valence-corrected chi connectivity index (χ0v) is 9.13. The van der Waals surface area contributed by atoms with Gasteiger partial charge in [-0.3, -0.25) is 0 Å². The molecule has 14 heavy (non-hydrogen) atoms. The Kier molecular flexibility index (Phi) is 3.46. The fraction of sp³-hybridized carbons (Fsp3) is 0.778. The fourth-order valence-electron chi connectivity index (χ4n) is 1.46. The molecule has 1 heterocycles. The number of aromatic nitrogens is 2. The summed E-state index contributed by atoms with van der Waals surface area (Å²) in [7, 11) is 3.41. The molecule has 0 fully saturated rings. The molecule has 0 aliphatic rings. The molecule has 1 rings (SSSR count). The van der Waals surface area contributed by atoms with Crippen LogP contribution in [-0.2, 0) is 10.3 Å². The molecule has 0 saturated heterocycles. The summed E-state index contributed by atoms with van der Waals surface area (Å²) in [4.78, 5) is 4.20. The third-order valence-corrected chi connectivity index (χ3v) is 2.58. The molecule has 0 radical (unpaired) electrons. The first kappa shape index (κ1) is 11.0. The van der Waals surface area contributed by atoms with Crippen LogP contribution in [0.25, 0.3) is 0 Å². The van der Waals surface area contributed by atoms with Gasteiger partial charge in [0.15, 0.2) is 0 Å². The van der Waals surface area contributed by atoms with Gasteiger partial charge in [0.25, 0.3) is 0 Å².